The predicted octanol–water partition coefficient (Wildman–Crippen LogP) is 2.24. The summed E-state index contributed by atoms with van der Waals surface area (Å²) in [7, 11) is 0. The summed E-state index contributed by atoms with van der Waals surface area (Å²) in [6.07, 6.45) is -2.32. The Bertz CT molecular complexity index is 1710. The predicted molar refractivity (Wildman–Crippen MR) is 193 cm³/mol. The summed E-state index contributed by atoms with van der Waals surface area (Å²) in [5.74, 6) is -3.07. The summed E-state index contributed by atoms with van der Waals surface area (Å²) in [4.78, 5) is 28.8. The molecule has 3 aliphatic heterocycles. The maximum atomic E-state index is 12.5. The molecule has 15 nitrogen and oxygen atoms in total. The molecule has 10 N–H and O–H groups in total. The fraction of sp³-hybridized carbons (Fsp3) is 0.500. The van der Waals surface area contributed by atoms with Crippen LogP contribution >= 0.6 is 0 Å². The van der Waals surface area contributed by atoms with E-state index in [1.807, 2.05) is 12.3 Å². The molecular weight excluding hydrogens is 690 g/mol. The fourth-order valence-electron chi connectivity index (χ4n) is 6.96. The van der Waals surface area contributed by atoms with Gasteiger partial charge in [-0.3, -0.25) is 15.1 Å². The first kappa shape index (κ1) is 39.7. The molecule has 9 atom stereocenters. The number of phenols is 1. The van der Waals surface area contributed by atoms with E-state index >= 15 is 0 Å². The number of aliphatic hydroxyl groups excluding tert-OH is 4. The van der Waals surface area contributed by atoms with Crippen molar-refractivity contribution in [3.05, 3.63) is 65.2 Å². The van der Waals surface area contributed by atoms with Gasteiger partial charge in [0.1, 0.15) is 41.4 Å². The first-order valence-electron chi connectivity index (χ1n) is 17.8. The lowest BCUT2D eigenvalue weighted by molar-refractivity contribution is -0.338. The molecule has 0 radical (unpaired) electrons. The molecule has 2 aromatic carbocycles. The SMILES string of the molecule is CCCCCCC(C)C(CNC(O)C1(O)C(Oc2ccc3c(c2)OC(C(N)=O)C(c2ccc(O)cc2)=C3O)OC(C(=O)O)C(O)C1O)CC1=CCN=C1. The average Bonchev–Trinajstić information content (AvgIpc) is 3.65. The molecule has 3 heterocycles. The molecule has 1 fully saturated rings. The number of aromatic hydroxyl groups is 1. The number of aliphatic imine (C=N–C) groups is 1. The molecule has 1 saturated heterocycles. The third-order valence-corrected chi connectivity index (χ3v) is 10.2. The Kier molecular flexibility index (Phi) is 12.8. The summed E-state index contributed by atoms with van der Waals surface area (Å²) in [5.41, 5.74) is 4.36. The van der Waals surface area contributed by atoms with E-state index in [1.165, 1.54) is 42.5 Å². The number of aliphatic carboxylic acids is 1. The van der Waals surface area contributed by atoms with E-state index in [-0.39, 0.29) is 52.5 Å². The molecule has 53 heavy (non-hydrogen) atoms. The third kappa shape index (κ3) is 8.67. The number of aliphatic hydroxyl groups is 5. The number of fused-ring (bicyclic) bond motifs is 1. The van der Waals surface area contributed by atoms with Crippen molar-refractivity contribution in [1.29, 1.82) is 0 Å². The molecular formula is C38H49N3O12. The number of nitrogens with two attached hydrogens (primary N) is 1. The number of hydrogen-bond donors (Lipinski definition) is 9. The highest BCUT2D eigenvalue weighted by molar-refractivity contribution is 6.03. The van der Waals surface area contributed by atoms with Crippen LogP contribution in [0.4, 0.5) is 0 Å². The Morgan fingerprint density at radius 2 is 1.85 bits per heavy atom. The molecule has 0 aromatic heterocycles. The maximum absolute atomic E-state index is 12.5. The molecule has 15 heteroatoms. The van der Waals surface area contributed by atoms with Crippen molar-refractivity contribution in [2.45, 2.75) is 94.9 Å². The number of amides is 1. The van der Waals surface area contributed by atoms with Crippen LogP contribution in [0.3, 0.4) is 0 Å². The number of benzene rings is 2. The monoisotopic (exact) mass is 739 g/mol. The minimum Gasteiger partial charge on any atom is -0.508 e. The maximum Gasteiger partial charge on any atom is 0.335 e. The summed E-state index contributed by atoms with van der Waals surface area (Å²) < 4.78 is 17.3. The van der Waals surface area contributed by atoms with E-state index in [0.717, 1.165) is 37.7 Å². The lowest BCUT2D eigenvalue weighted by atomic mass is 9.82. The summed E-state index contributed by atoms with van der Waals surface area (Å²) >= 11 is 0. The normalized spacial score (nSPS) is 27.0. The smallest absolute Gasteiger partial charge is 0.335 e. The number of allylic oxidation sites excluding steroid dienone is 1. The minimum atomic E-state index is -2.82. The number of carboxylic acids is 1. The minimum absolute atomic E-state index is 0.0356. The van der Waals surface area contributed by atoms with E-state index in [2.05, 4.69) is 24.2 Å². The van der Waals surface area contributed by atoms with Crippen LogP contribution in [-0.4, -0.2) is 109 Å². The fourth-order valence-corrected chi connectivity index (χ4v) is 6.96. The van der Waals surface area contributed by atoms with Crippen LogP contribution in [0.2, 0.25) is 0 Å². The number of unbranched alkanes of at least 4 members (excludes halogenated alkanes) is 3. The molecule has 288 valence electrons. The van der Waals surface area contributed by atoms with Gasteiger partial charge in [-0.15, -0.1) is 0 Å². The molecule has 1 amide bonds. The zero-order chi connectivity index (χ0) is 38.4. The van der Waals surface area contributed by atoms with Gasteiger partial charge in [0, 0.05) is 18.8 Å². The molecule has 0 bridgehead atoms. The molecule has 9 unspecified atom stereocenters. The number of carbonyl (C=O) groups excluding carboxylic acids is 1. The van der Waals surface area contributed by atoms with Gasteiger partial charge in [-0.2, -0.15) is 0 Å². The Balaban J connectivity index is 1.41. The average molecular weight is 740 g/mol. The van der Waals surface area contributed by atoms with Crippen molar-refractivity contribution in [3.63, 3.8) is 0 Å². The van der Waals surface area contributed by atoms with Gasteiger partial charge in [-0.1, -0.05) is 64.2 Å². The van der Waals surface area contributed by atoms with Crippen molar-refractivity contribution in [3.8, 4) is 17.2 Å². The second kappa shape index (κ2) is 17.1. The van der Waals surface area contributed by atoms with E-state index in [0.29, 0.717) is 18.5 Å². The standard InChI is InChI=1S/C38H49N3O12/c1-3-4-5-6-7-20(2)23(16-21-14-15-40-18-21)19-41-36(49)38(50)33(45)30(44)32(35(47)48)53-37(38)51-25-12-13-26-27(17-25)52-31(34(39)46)28(29(26)43)22-8-10-24(42)11-9-22/h8-14,17-18,20,23,30-33,36-37,41-45,49-50H,3-7,15-16,19H2,1-2H3,(H2,39,46)(H,47,48). The Morgan fingerprint density at radius 1 is 1.11 bits per heavy atom. The van der Waals surface area contributed by atoms with Crippen molar-refractivity contribution >= 4 is 29.4 Å². The number of primary amides is 1. The second-order valence-electron chi connectivity index (χ2n) is 13.9. The lowest BCUT2D eigenvalue weighted by Gasteiger charge is -2.48. The van der Waals surface area contributed by atoms with E-state index in [9.17, 15) is 45.3 Å². The van der Waals surface area contributed by atoms with Crippen LogP contribution in [-0.2, 0) is 14.3 Å². The van der Waals surface area contributed by atoms with Crippen LogP contribution in [0.5, 0.6) is 17.2 Å². The van der Waals surface area contributed by atoms with Gasteiger partial charge in [0.15, 0.2) is 11.7 Å². The topological polar surface area (TPSA) is 254 Å². The van der Waals surface area contributed by atoms with Crippen LogP contribution < -0.4 is 20.5 Å². The van der Waals surface area contributed by atoms with Crippen LogP contribution in [0, 0.1) is 11.8 Å². The zero-order valence-corrected chi connectivity index (χ0v) is 29.7. The number of hydrogen-bond acceptors (Lipinski definition) is 13. The van der Waals surface area contributed by atoms with Gasteiger partial charge >= 0.3 is 5.97 Å². The number of carboxylic acid groups (broad SMARTS) is 1. The quantitative estimate of drug-likeness (QED) is 0.0835. The van der Waals surface area contributed by atoms with Gasteiger partial charge < -0.3 is 55.7 Å². The van der Waals surface area contributed by atoms with Gasteiger partial charge in [-0.05, 0) is 53.7 Å². The highest BCUT2D eigenvalue weighted by atomic mass is 16.7. The largest absolute Gasteiger partial charge is 0.508 e. The molecule has 2 aromatic rings. The summed E-state index contributed by atoms with van der Waals surface area (Å²) in [6.45, 7) is 5.00. The molecule has 5 rings (SSSR count). The molecule has 0 saturated carbocycles. The number of phenolic OH excluding ortho intramolecular Hbond substituents is 1. The van der Waals surface area contributed by atoms with E-state index < -0.39 is 54.4 Å². The van der Waals surface area contributed by atoms with E-state index in [1.54, 1.807) is 0 Å². The van der Waals surface area contributed by atoms with Crippen molar-refractivity contribution < 1.29 is 59.5 Å². The van der Waals surface area contributed by atoms with Gasteiger partial charge in [0.2, 0.25) is 12.4 Å². The van der Waals surface area contributed by atoms with Crippen LogP contribution in [0.25, 0.3) is 11.3 Å². The Labute approximate surface area is 307 Å². The molecule has 0 spiro atoms. The van der Waals surface area contributed by atoms with Crippen molar-refractivity contribution in [1.82, 2.24) is 5.32 Å². The number of carbonyl (C=O) groups is 2. The van der Waals surface area contributed by atoms with Gasteiger partial charge in [-0.25, -0.2) is 4.79 Å². The summed E-state index contributed by atoms with van der Waals surface area (Å²) in [5, 5.41) is 79.0. The molecule has 3 aliphatic rings. The third-order valence-electron chi connectivity index (χ3n) is 10.2. The van der Waals surface area contributed by atoms with Crippen molar-refractivity contribution in [2.75, 3.05) is 13.1 Å². The number of ether oxygens (including phenoxy) is 3. The van der Waals surface area contributed by atoms with Gasteiger partial charge in [0.05, 0.1) is 17.7 Å². The first-order valence-corrected chi connectivity index (χ1v) is 17.8. The second-order valence-corrected chi connectivity index (χ2v) is 13.9. The number of nitrogens with zero attached hydrogens (tertiary/aromatic N) is 1. The zero-order valence-electron chi connectivity index (χ0n) is 29.7. The van der Waals surface area contributed by atoms with Crippen LogP contribution in [0.1, 0.15) is 63.5 Å². The Hall–Kier alpha value is -4.51. The summed E-state index contributed by atoms with van der Waals surface area (Å²) in [6, 6.07) is 9.57. The van der Waals surface area contributed by atoms with Crippen LogP contribution in [0.15, 0.2) is 59.1 Å². The Morgan fingerprint density at radius 3 is 2.49 bits per heavy atom. The van der Waals surface area contributed by atoms with E-state index in [4.69, 9.17) is 19.9 Å². The van der Waals surface area contributed by atoms with Gasteiger partial charge in [0.25, 0.3) is 5.91 Å². The highest BCUT2D eigenvalue weighted by Crippen LogP contribution is 2.42. The highest BCUT2D eigenvalue weighted by Gasteiger charge is 2.62. The number of nitrogens with one attached hydrogen (secondary N) is 1. The lowest BCUT2D eigenvalue weighted by Crippen LogP contribution is -2.75. The molecule has 0 aliphatic carbocycles. The first-order chi connectivity index (χ1) is 25.3. The van der Waals surface area contributed by atoms with Crippen molar-refractivity contribution in [2.24, 2.45) is 22.6 Å². The number of rotatable bonds is 17.